The number of carbonyl (C=O) groups is 1. The minimum atomic E-state index is -0.322. The van der Waals surface area contributed by atoms with E-state index in [0.29, 0.717) is 25.5 Å². The standard InChI is InChI=1S/C26H26N4O3/c1-16-7-6-10-27-25(16)29-19-13-17(2)28-21(14-19)23-15-30(11-12-32-23)26(31)24-18(3)20-8-4-5-9-22(20)33-24/h4-10,13-14,23H,11-12,15H2,1-3H3,(H,27,28,29)/t23-/m0/s1. The summed E-state index contributed by atoms with van der Waals surface area (Å²) < 4.78 is 11.9. The number of ether oxygens (including phenoxy) is 1. The molecule has 4 aromatic rings. The number of aromatic nitrogens is 2. The molecule has 168 valence electrons. The van der Waals surface area contributed by atoms with Gasteiger partial charge in [-0.15, -0.1) is 0 Å². The Morgan fingerprint density at radius 2 is 1.97 bits per heavy atom. The molecule has 0 aliphatic carbocycles. The fourth-order valence-electron chi connectivity index (χ4n) is 4.22. The molecular weight excluding hydrogens is 416 g/mol. The number of hydrogen-bond acceptors (Lipinski definition) is 6. The molecule has 0 spiro atoms. The Hall–Kier alpha value is -3.71. The molecule has 4 heterocycles. The van der Waals surface area contributed by atoms with E-state index in [9.17, 15) is 4.79 Å². The number of nitrogens with zero attached hydrogens (tertiary/aromatic N) is 3. The number of amides is 1. The van der Waals surface area contributed by atoms with Gasteiger partial charge in [-0.1, -0.05) is 24.3 Å². The molecule has 33 heavy (non-hydrogen) atoms. The van der Waals surface area contributed by atoms with Gasteiger partial charge in [-0.3, -0.25) is 9.78 Å². The van der Waals surface area contributed by atoms with Gasteiger partial charge in [-0.05, 0) is 50.6 Å². The normalized spacial score (nSPS) is 16.2. The van der Waals surface area contributed by atoms with E-state index in [4.69, 9.17) is 14.1 Å². The van der Waals surface area contributed by atoms with E-state index in [-0.39, 0.29) is 12.0 Å². The largest absolute Gasteiger partial charge is 0.451 e. The van der Waals surface area contributed by atoms with E-state index < -0.39 is 0 Å². The van der Waals surface area contributed by atoms with Gasteiger partial charge in [0, 0.05) is 35.1 Å². The van der Waals surface area contributed by atoms with Crippen molar-refractivity contribution < 1.29 is 13.9 Å². The first kappa shape index (κ1) is 21.2. The number of anilines is 2. The van der Waals surface area contributed by atoms with E-state index in [1.807, 2.05) is 69.3 Å². The van der Waals surface area contributed by atoms with Crippen LogP contribution in [0.5, 0.6) is 0 Å². The summed E-state index contributed by atoms with van der Waals surface area (Å²) in [5.41, 5.74) is 5.18. The third kappa shape index (κ3) is 4.19. The highest BCUT2D eigenvalue weighted by molar-refractivity contribution is 5.99. The molecule has 7 nitrogen and oxygen atoms in total. The molecule has 7 heteroatoms. The number of pyridine rings is 2. The molecule has 1 amide bonds. The van der Waals surface area contributed by atoms with Crippen molar-refractivity contribution in [1.29, 1.82) is 0 Å². The van der Waals surface area contributed by atoms with Crippen LogP contribution < -0.4 is 5.32 Å². The van der Waals surface area contributed by atoms with Crippen LogP contribution in [0.2, 0.25) is 0 Å². The van der Waals surface area contributed by atoms with Crippen molar-refractivity contribution in [2.45, 2.75) is 26.9 Å². The third-order valence-corrected chi connectivity index (χ3v) is 5.97. The Morgan fingerprint density at radius 3 is 2.79 bits per heavy atom. The van der Waals surface area contributed by atoms with Crippen molar-refractivity contribution in [3.63, 3.8) is 0 Å². The number of rotatable bonds is 4. The molecule has 0 bridgehead atoms. The number of fused-ring (bicyclic) bond motifs is 1. The number of nitrogens with one attached hydrogen (secondary N) is 1. The van der Waals surface area contributed by atoms with Crippen LogP contribution in [0.3, 0.4) is 0 Å². The first-order valence-electron chi connectivity index (χ1n) is 11.1. The summed E-state index contributed by atoms with van der Waals surface area (Å²) in [5.74, 6) is 1.07. The van der Waals surface area contributed by atoms with Crippen LogP contribution in [-0.4, -0.2) is 40.5 Å². The fraction of sp³-hybridized carbons (Fsp3) is 0.269. The van der Waals surface area contributed by atoms with E-state index in [0.717, 1.165) is 45.0 Å². The molecule has 1 aliphatic heterocycles. The van der Waals surface area contributed by atoms with Gasteiger partial charge in [-0.2, -0.15) is 0 Å². The van der Waals surface area contributed by atoms with Crippen molar-refractivity contribution >= 4 is 28.4 Å². The minimum absolute atomic E-state index is 0.118. The lowest BCUT2D eigenvalue weighted by Crippen LogP contribution is -2.42. The number of morpholine rings is 1. The second kappa shape index (κ2) is 8.67. The summed E-state index contributed by atoms with van der Waals surface area (Å²) in [6, 6.07) is 15.6. The molecule has 0 radical (unpaired) electrons. The predicted molar refractivity (Wildman–Crippen MR) is 127 cm³/mol. The van der Waals surface area contributed by atoms with E-state index in [1.54, 1.807) is 11.1 Å². The lowest BCUT2D eigenvalue weighted by Gasteiger charge is -2.32. The molecule has 1 aromatic carbocycles. The average molecular weight is 443 g/mol. The smallest absolute Gasteiger partial charge is 0.290 e. The van der Waals surface area contributed by atoms with Gasteiger partial charge in [0.2, 0.25) is 0 Å². The maximum absolute atomic E-state index is 13.3. The fourth-order valence-corrected chi connectivity index (χ4v) is 4.22. The van der Waals surface area contributed by atoms with E-state index >= 15 is 0 Å². The van der Waals surface area contributed by atoms with Crippen molar-refractivity contribution in [3.05, 3.63) is 83.0 Å². The number of benzene rings is 1. The summed E-state index contributed by atoms with van der Waals surface area (Å²) in [6.07, 6.45) is 1.44. The highest BCUT2D eigenvalue weighted by Crippen LogP contribution is 2.29. The van der Waals surface area contributed by atoms with Gasteiger partial charge >= 0.3 is 0 Å². The number of para-hydroxylation sites is 1. The first-order valence-corrected chi connectivity index (χ1v) is 11.1. The van der Waals surface area contributed by atoms with Crippen LogP contribution in [-0.2, 0) is 4.74 Å². The van der Waals surface area contributed by atoms with Gasteiger partial charge in [0.15, 0.2) is 5.76 Å². The Kier molecular flexibility index (Phi) is 5.56. The summed E-state index contributed by atoms with van der Waals surface area (Å²) in [6.45, 7) is 7.25. The highest BCUT2D eigenvalue weighted by atomic mass is 16.5. The summed E-state index contributed by atoms with van der Waals surface area (Å²) >= 11 is 0. The third-order valence-electron chi connectivity index (χ3n) is 5.97. The van der Waals surface area contributed by atoms with Crippen LogP contribution in [0, 0.1) is 20.8 Å². The monoisotopic (exact) mass is 442 g/mol. The zero-order valence-corrected chi connectivity index (χ0v) is 19.0. The molecular formula is C26H26N4O3. The second-order valence-corrected chi connectivity index (χ2v) is 8.38. The maximum Gasteiger partial charge on any atom is 0.290 e. The average Bonchev–Trinajstić information content (AvgIpc) is 3.16. The molecule has 1 saturated heterocycles. The van der Waals surface area contributed by atoms with Gasteiger partial charge in [-0.25, -0.2) is 4.98 Å². The van der Waals surface area contributed by atoms with E-state index in [1.165, 1.54) is 0 Å². The molecule has 5 rings (SSSR count). The molecule has 1 atom stereocenters. The number of hydrogen-bond donors (Lipinski definition) is 1. The van der Waals surface area contributed by atoms with Crippen LogP contribution in [0.1, 0.15) is 39.2 Å². The zero-order chi connectivity index (χ0) is 22.9. The zero-order valence-electron chi connectivity index (χ0n) is 19.0. The maximum atomic E-state index is 13.3. The topological polar surface area (TPSA) is 80.5 Å². The highest BCUT2D eigenvalue weighted by Gasteiger charge is 2.30. The van der Waals surface area contributed by atoms with Crippen LogP contribution in [0.25, 0.3) is 11.0 Å². The van der Waals surface area contributed by atoms with Gasteiger partial charge in [0.25, 0.3) is 5.91 Å². The van der Waals surface area contributed by atoms with Crippen molar-refractivity contribution in [1.82, 2.24) is 14.9 Å². The summed E-state index contributed by atoms with van der Waals surface area (Å²) in [5, 5.41) is 4.34. The molecule has 1 aliphatic rings. The van der Waals surface area contributed by atoms with Crippen molar-refractivity contribution in [2.75, 3.05) is 25.0 Å². The lowest BCUT2D eigenvalue weighted by molar-refractivity contribution is -0.0256. The Bertz CT molecular complexity index is 1330. The van der Waals surface area contributed by atoms with Gasteiger partial charge in [0.05, 0.1) is 18.8 Å². The van der Waals surface area contributed by atoms with E-state index in [2.05, 4.69) is 10.3 Å². The lowest BCUT2D eigenvalue weighted by atomic mass is 10.1. The molecule has 1 fully saturated rings. The number of aryl methyl sites for hydroxylation is 3. The summed E-state index contributed by atoms with van der Waals surface area (Å²) in [7, 11) is 0. The number of carbonyl (C=O) groups excluding carboxylic acids is 1. The molecule has 3 aromatic heterocycles. The van der Waals surface area contributed by atoms with Gasteiger partial charge in [0.1, 0.15) is 17.5 Å². The molecule has 0 unspecified atom stereocenters. The van der Waals surface area contributed by atoms with Crippen molar-refractivity contribution in [3.8, 4) is 0 Å². The van der Waals surface area contributed by atoms with Crippen molar-refractivity contribution in [2.24, 2.45) is 0 Å². The Labute approximate surface area is 192 Å². The SMILES string of the molecule is Cc1cc(Nc2ncccc2C)cc([C@@H]2CN(C(=O)c3oc4ccccc4c3C)CCO2)n1. The molecule has 1 N–H and O–H groups in total. The van der Waals surface area contributed by atoms with Crippen LogP contribution >= 0.6 is 0 Å². The Morgan fingerprint density at radius 1 is 1.12 bits per heavy atom. The first-order chi connectivity index (χ1) is 16.0. The molecule has 0 saturated carbocycles. The second-order valence-electron chi connectivity index (χ2n) is 8.38. The predicted octanol–water partition coefficient (Wildman–Crippen LogP) is 5.11. The van der Waals surface area contributed by atoms with Crippen LogP contribution in [0.4, 0.5) is 11.5 Å². The quantitative estimate of drug-likeness (QED) is 0.473. The van der Waals surface area contributed by atoms with Gasteiger partial charge < -0.3 is 19.4 Å². The van der Waals surface area contributed by atoms with Crippen LogP contribution in [0.15, 0.2) is 59.1 Å². The summed E-state index contributed by atoms with van der Waals surface area (Å²) in [4.78, 5) is 24.2. The minimum Gasteiger partial charge on any atom is -0.451 e. The Balaban J connectivity index is 1.38. The number of furan rings is 1.